The van der Waals surface area contributed by atoms with Gasteiger partial charge in [0, 0.05) is 19.2 Å². The zero-order valence-electron chi connectivity index (χ0n) is 11.1. The second kappa shape index (κ2) is 5.87. The first kappa shape index (κ1) is 13.6. The Hall–Kier alpha value is -1.84. The fraction of sp³-hybridized carbons (Fsp3) is 0.400. The molecule has 1 aromatic carbocycles. The highest BCUT2D eigenvalue weighted by molar-refractivity contribution is 5.91. The van der Waals surface area contributed by atoms with Crippen LogP contribution in [-0.4, -0.2) is 23.9 Å². The predicted octanol–water partition coefficient (Wildman–Crippen LogP) is 2.68. The van der Waals surface area contributed by atoms with Gasteiger partial charge < -0.3 is 10.6 Å². The number of carbonyl (C=O) groups is 1. The summed E-state index contributed by atoms with van der Waals surface area (Å²) in [6.45, 7) is 3.84. The van der Waals surface area contributed by atoms with Crippen LogP contribution in [-0.2, 0) is 4.79 Å². The van der Waals surface area contributed by atoms with Crippen LogP contribution in [0.3, 0.4) is 0 Å². The lowest BCUT2D eigenvalue weighted by Gasteiger charge is -2.29. The lowest BCUT2D eigenvalue weighted by Crippen LogP contribution is -2.36. The lowest BCUT2D eigenvalue weighted by atomic mass is 9.99. The van der Waals surface area contributed by atoms with Gasteiger partial charge in [-0.2, -0.15) is 0 Å². The molecule has 0 aromatic heterocycles. The van der Waals surface area contributed by atoms with Crippen LogP contribution in [0.15, 0.2) is 24.3 Å². The number of benzene rings is 1. The van der Waals surface area contributed by atoms with Crippen molar-refractivity contribution in [3.05, 3.63) is 35.7 Å². The fourth-order valence-electron chi connectivity index (χ4n) is 2.17. The first-order chi connectivity index (χ1) is 9.06. The quantitative estimate of drug-likeness (QED) is 0.658. The van der Waals surface area contributed by atoms with E-state index in [1.807, 2.05) is 4.90 Å². The molecule has 0 spiro atoms. The number of hydrogen-bond donors (Lipinski definition) is 1. The third-order valence-corrected chi connectivity index (χ3v) is 3.53. The van der Waals surface area contributed by atoms with Gasteiger partial charge in [-0.3, -0.25) is 4.79 Å². The van der Waals surface area contributed by atoms with Crippen LogP contribution in [0.1, 0.15) is 25.3 Å². The van der Waals surface area contributed by atoms with Crippen molar-refractivity contribution in [2.24, 2.45) is 5.92 Å². The van der Waals surface area contributed by atoms with E-state index >= 15 is 0 Å². The van der Waals surface area contributed by atoms with Crippen molar-refractivity contribution in [3.63, 3.8) is 0 Å². The van der Waals surface area contributed by atoms with Crippen molar-refractivity contribution in [2.45, 2.75) is 19.8 Å². The van der Waals surface area contributed by atoms with E-state index in [1.165, 1.54) is 18.2 Å². The zero-order chi connectivity index (χ0) is 13.8. The van der Waals surface area contributed by atoms with Gasteiger partial charge in [0.15, 0.2) is 0 Å². The second-order valence-electron chi connectivity index (χ2n) is 5.12. The molecule has 0 unspecified atom stereocenters. The Morgan fingerprint density at radius 3 is 2.74 bits per heavy atom. The smallest absolute Gasteiger partial charge is 0.246 e. The van der Waals surface area contributed by atoms with Crippen LogP contribution in [0.4, 0.5) is 10.1 Å². The van der Waals surface area contributed by atoms with E-state index in [2.05, 4.69) is 6.92 Å². The van der Waals surface area contributed by atoms with Crippen LogP contribution in [0.5, 0.6) is 0 Å². The van der Waals surface area contributed by atoms with Crippen molar-refractivity contribution in [1.82, 2.24) is 4.90 Å². The monoisotopic (exact) mass is 262 g/mol. The molecule has 1 heterocycles. The van der Waals surface area contributed by atoms with Crippen molar-refractivity contribution in [3.8, 4) is 0 Å². The molecule has 4 heteroatoms. The number of nitrogens with two attached hydrogens (primary N) is 1. The van der Waals surface area contributed by atoms with Gasteiger partial charge >= 0.3 is 0 Å². The van der Waals surface area contributed by atoms with E-state index in [0.29, 0.717) is 5.92 Å². The molecule has 0 atom stereocenters. The molecular weight excluding hydrogens is 243 g/mol. The zero-order valence-corrected chi connectivity index (χ0v) is 11.1. The van der Waals surface area contributed by atoms with Gasteiger partial charge in [0.05, 0.1) is 5.69 Å². The molecule has 1 aromatic rings. The molecule has 1 amide bonds. The minimum atomic E-state index is -0.437. The molecule has 2 N–H and O–H groups in total. The molecule has 1 saturated heterocycles. The Bertz CT molecular complexity index is 491. The molecule has 2 rings (SSSR count). The summed E-state index contributed by atoms with van der Waals surface area (Å²) in [5.41, 5.74) is 6.31. The van der Waals surface area contributed by atoms with Crippen LogP contribution < -0.4 is 5.73 Å². The predicted molar refractivity (Wildman–Crippen MR) is 74.8 cm³/mol. The standard InChI is InChI=1S/C15H19FN2O/c1-11-6-8-18(9-7-11)15(19)5-3-12-2-4-13(16)14(17)10-12/h2-5,10-11H,6-9,17H2,1H3/b5-3+. The topological polar surface area (TPSA) is 46.3 Å². The summed E-state index contributed by atoms with van der Waals surface area (Å²) in [6.07, 6.45) is 5.32. The third-order valence-electron chi connectivity index (χ3n) is 3.53. The number of likely N-dealkylation sites (tertiary alicyclic amines) is 1. The molecule has 3 nitrogen and oxygen atoms in total. The summed E-state index contributed by atoms with van der Waals surface area (Å²) in [5.74, 6) is 0.271. The number of carbonyl (C=O) groups excluding carboxylic acids is 1. The third kappa shape index (κ3) is 3.56. The molecule has 1 aliphatic rings. The number of halogens is 1. The molecule has 19 heavy (non-hydrogen) atoms. The van der Waals surface area contributed by atoms with Crippen LogP contribution in [0, 0.1) is 11.7 Å². The maximum absolute atomic E-state index is 13.0. The van der Waals surface area contributed by atoms with Crippen molar-refractivity contribution >= 4 is 17.7 Å². The van der Waals surface area contributed by atoms with E-state index in [1.54, 1.807) is 12.1 Å². The highest BCUT2D eigenvalue weighted by Gasteiger charge is 2.18. The number of piperidine rings is 1. The Morgan fingerprint density at radius 2 is 2.11 bits per heavy atom. The normalized spacial score (nSPS) is 17.1. The average molecular weight is 262 g/mol. The summed E-state index contributed by atoms with van der Waals surface area (Å²) in [7, 11) is 0. The van der Waals surface area contributed by atoms with Crippen LogP contribution in [0.25, 0.3) is 6.08 Å². The molecule has 1 fully saturated rings. The largest absolute Gasteiger partial charge is 0.396 e. The van der Waals surface area contributed by atoms with Gasteiger partial charge in [-0.05, 0) is 42.5 Å². The summed E-state index contributed by atoms with van der Waals surface area (Å²) in [6, 6.07) is 4.44. The van der Waals surface area contributed by atoms with Gasteiger partial charge in [0.25, 0.3) is 0 Å². The average Bonchev–Trinajstić information content (AvgIpc) is 2.40. The van der Waals surface area contributed by atoms with Crippen LogP contribution in [0.2, 0.25) is 0 Å². The SMILES string of the molecule is CC1CCN(C(=O)/C=C/c2ccc(F)c(N)c2)CC1. The Morgan fingerprint density at radius 1 is 1.42 bits per heavy atom. The van der Waals surface area contributed by atoms with E-state index in [0.717, 1.165) is 31.5 Å². The molecule has 0 aliphatic carbocycles. The van der Waals surface area contributed by atoms with Gasteiger partial charge in [0.1, 0.15) is 5.82 Å². The maximum atomic E-state index is 13.0. The van der Waals surface area contributed by atoms with Gasteiger partial charge in [0.2, 0.25) is 5.91 Å². The van der Waals surface area contributed by atoms with E-state index in [-0.39, 0.29) is 11.6 Å². The Kier molecular flexibility index (Phi) is 4.20. The van der Waals surface area contributed by atoms with Gasteiger partial charge in [-0.15, -0.1) is 0 Å². The number of rotatable bonds is 2. The van der Waals surface area contributed by atoms with E-state index in [4.69, 9.17) is 5.73 Å². The minimum Gasteiger partial charge on any atom is -0.396 e. The summed E-state index contributed by atoms with van der Waals surface area (Å²) < 4.78 is 13.0. The highest BCUT2D eigenvalue weighted by Crippen LogP contribution is 2.17. The summed E-state index contributed by atoms with van der Waals surface area (Å²) >= 11 is 0. The number of amides is 1. The number of hydrogen-bond acceptors (Lipinski definition) is 2. The summed E-state index contributed by atoms with van der Waals surface area (Å²) in [5, 5.41) is 0. The molecule has 102 valence electrons. The Labute approximate surface area is 112 Å². The maximum Gasteiger partial charge on any atom is 0.246 e. The first-order valence-electron chi connectivity index (χ1n) is 6.58. The molecule has 1 aliphatic heterocycles. The van der Waals surface area contributed by atoms with Gasteiger partial charge in [-0.25, -0.2) is 4.39 Å². The lowest BCUT2D eigenvalue weighted by molar-refractivity contribution is -0.127. The van der Waals surface area contributed by atoms with Crippen molar-refractivity contribution in [1.29, 1.82) is 0 Å². The first-order valence-corrected chi connectivity index (χ1v) is 6.58. The van der Waals surface area contributed by atoms with Gasteiger partial charge in [-0.1, -0.05) is 13.0 Å². The van der Waals surface area contributed by atoms with Crippen LogP contribution >= 0.6 is 0 Å². The summed E-state index contributed by atoms with van der Waals surface area (Å²) in [4.78, 5) is 13.8. The molecule has 0 bridgehead atoms. The van der Waals surface area contributed by atoms with Crippen molar-refractivity contribution in [2.75, 3.05) is 18.8 Å². The van der Waals surface area contributed by atoms with E-state index < -0.39 is 5.82 Å². The number of nitrogens with zero attached hydrogens (tertiary/aromatic N) is 1. The fourth-order valence-corrected chi connectivity index (χ4v) is 2.17. The second-order valence-corrected chi connectivity index (χ2v) is 5.12. The van der Waals surface area contributed by atoms with E-state index in [9.17, 15) is 9.18 Å². The number of anilines is 1. The number of nitrogen functional groups attached to an aromatic ring is 1. The molecular formula is C15H19FN2O. The Balaban J connectivity index is 1.98. The highest BCUT2D eigenvalue weighted by atomic mass is 19.1. The minimum absolute atomic E-state index is 0.00907. The van der Waals surface area contributed by atoms with Crippen molar-refractivity contribution < 1.29 is 9.18 Å². The molecule has 0 saturated carbocycles. The molecule has 0 radical (unpaired) electrons.